The van der Waals surface area contributed by atoms with Gasteiger partial charge in [0.25, 0.3) is 0 Å². The molecule has 4 heteroatoms. The zero-order valence-electron chi connectivity index (χ0n) is 11.1. The molecule has 17 heavy (non-hydrogen) atoms. The summed E-state index contributed by atoms with van der Waals surface area (Å²) < 4.78 is 7.07. The molecule has 0 aliphatic rings. The average molecular weight is 336 g/mol. The van der Waals surface area contributed by atoms with Crippen molar-refractivity contribution in [2.24, 2.45) is 0 Å². The van der Waals surface area contributed by atoms with Crippen LogP contribution in [0.15, 0.2) is 22.7 Å². The number of halogens is 2. The molecular formula is C13H20BrClOSi. The third-order valence-corrected chi connectivity index (χ3v) is 9.10. The zero-order valence-corrected chi connectivity index (χ0v) is 14.4. The van der Waals surface area contributed by atoms with E-state index in [4.69, 9.17) is 16.0 Å². The zero-order chi connectivity index (χ0) is 13.3. The first kappa shape index (κ1) is 15.2. The fourth-order valence-electron chi connectivity index (χ4n) is 1.11. The Morgan fingerprint density at radius 3 is 2.35 bits per heavy atom. The molecule has 1 nitrogen and oxygen atoms in total. The smallest absolute Gasteiger partial charge is 0.192 e. The van der Waals surface area contributed by atoms with E-state index in [1.165, 1.54) is 0 Å². The maximum absolute atomic E-state index is 6.14. The van der Waals surface area contributed by atoms with E-state index < -0.39 is 8.32 Å². The van der Waals surface area contributed by atoms with Crippen molar-refractivity contribution in [3.63, 3.8) is 0 Å². The van der Waals surface area contributed by atoms with Crippen molar-refractivity contribution in [2.75, 3.05) is 0 Å². The van der Waals surface area contributed by atoms with Gasteiger partial charge in [-0.05, 0) is 51.8 Å². The Bertz CT molecular complexity index is 399. The van der Waals surface area contributed by atoms with E-state index in [2.05, 4.69) is 49.8 Å². The Balaban J connectivity index is 2.71. The van der Waals surface area contributed by atoms with Crippen LogP contribution < -0.4 is 0 Å². The highest BCUT2D eigenvalue weighted by atomic mass is 79.9. The molecule has 96 valence electrons. The Morgan fingerprint density at radius 1 is 1.29 bits per heavy atom. The van der Waals surface area contributed by atoms with Gasteiger partial charge < -0.3 is 4.43 Å². The molecule has 0 atom stereocenters. The first-order chi connectivity index (χ1) is 7.63. The minimum atomic E-state index is -1.67. The van der Waals surface area contributed by atoms with Crippen LogP contribution in [0.5, 0.6) is 0 Å². The van der Waals surface area contributed by atoms with Crippen molar-refractivity contribution in [3.05, 3.63) is 33.3 Å². The van der Waals surface area contributed by atoms with Crippen molar-refractivity contribution >= 4 is 35.8 Å². The number of hydrogen-bond acceptors (Lipinski definition) is 1. The summed E-state index contributed by atoms with van der Waals surface area (Å²) in [6, 6.07) is 5.97. The van der Waals surface area contributed by atoms with Crippen molar-refractivity contribution < 1.29 is 4.43 Å². The molecule has 1 aromatic carbocycles. The van der Waals surface area contributed by atoms with Crippen LogP contribution >= 0.6 is 27.5 Å². The van der Waals surface area contributed by atoms with E-state index in [9.17, 15) is 0 Å². The maximum Gasteiger partial charge on any atom is 0.192 e. The Morgan fingerprint density at radius 2 is 1.88 bits per heavy atom. The molecule has 0 heterocycles. The van der Waals surface area contributed by atoms with Gasteiger partial charge in [0.1, 0.15) is 0 Å². The van der Waals surface area contributed by atoms with E-state index >= 15 is 0 Å². The van der Waals surface area contributed by atoms with Crippen LogP contribution in [0.25, 0.3) is 0 Å². The van der Waals surface area contributed by atoms with Crippen molar-refractivity contribution in [3.8, 4) is 0 Å². The Kier molecular flexibility index (Phi) is 4.86. The van der Waals surface area contributed by atoms with Gasteiger partial charge in [-0.15, -0.1) is 0 Å². The first-order valence-electron chi connectivity index (χ1n) is 5.71. The first-order valence-corrected chi connectivity index (χ1v) is 9.79. The summed E-state index contributed by atoms with van der Waals surface area (Å²) in [7, 11) is -1.67. The standard InChI is InChI=1S/C13H20BrClOSi/c1-13(2,3)17(4,5)16-9-10-6-7-11(14)12(15)8-10/h6-8H,9H2,1-5H3. The van der Waals surface area contributed by atoms with Gasteiger partial charge in [-0.2, -0.15) is 0 Å². The summed E-state index contributed by atoms with van der Waals surface area (Å²) in [6.45, 7) is 11.9. The second kappa shape index (κ2) is 5.43. The van der Waals surface area contributed by atoms with Gasteiger partial charge >= 0.3 is 0 Å². The molecule has 0 bridgehead atoms. The lowest BCUT2D eigenvalue weighted by Crippen LogP contribution is -2.40. The number of benzene rings is 1. The topological polar surface area (TPSA) is 9.23 Å². The molecule has 0 N–H and O–H groups in total. The van der Waals surface area contributed by atoms with Gasteiger partial charge in [0.15, 0.2) is 8.32 Å². The van der Waals surface area contributed by atoms with Gasteiger partial charge in [-0.1, -0.05) is 38.4 Å². The van der Waals surface area contributed by atoms with Crippen molar-refractivity contribution in [1.82, 2.24) is 0 Å². The van der Waals surface area contributed by atoms with Crippen LogP contribution in [0.3, 0.4) is 0 Å². The Hall–Kier alpha value is 0.167. The van der Waals surface area contributed by atoms with Crippen LogP contribution in [0.2, 0.25) is 23.2 Å². The fourth-order valence-corrected chi connectivity index (χ4v) is 2.52. The van der Waals surface area contributed by atoms with E-state index in [1.807, 2.05) is 18.2 Å². The molecule has 0 spiro atoms. The summed E-state index contributed by atoms with van der Waals surface area (Å²) in [5.74, 6) is 0. The van der Waals surface area contributed by atoms with E-state index in [-0.39, 0.29) is 5.04 Å². The van der Waals surface area contributed by atoms with Crippen LogP contribution in [0.1, 0.15) is 26.3 Å². The maximum atomic E-state index is 6.14. The lowest BCUT2D eigenvalue weighted by molar-refractivity contribution is 0.276. The van der Waals surface area contributed by atoms with Crippen LogP contribution in [0, 0.1) is 0 Å². The molecule has 0 unspecified atom stereocenters. The van der Waals surface area contributed by atoms with Gasteiger partial charge in [0, 0.05) is 4.47 Å². The van der Waals surface area contributed by atoms with Gasteiger partial charge in [0.05, 0.1) is 11.6 Å². The predicted molar refractivity (Wildman–Crippen MR) is 81.1 cm³/mol. The van der Waals surface area contributed by atoms with E-state index in [0.29, 0.717) is 6.61 Å². The third kappa shape index (κ3) is 4.09. The highest BCUT2D eigenvalue weighted by molar-refractivity contribution is 9.10. The van der Waals surface area contributed by atoms with Gasteiger partial charge in [-0.25, -0.2) is 0 Å². The largest absolute Gasteiger partial charge is 0.413 e. The molecule has 0 saturated heterocycles. The minimum absolute atomic E-state index is 0.242. The SMILES string of the molecule is CC(C)(C)[Si](C)(C)OCc1ccc(Br)c(Cl)c1. The minimum Gasteiger partial charge on any atom is -0.413 e. The highest BCUT2D eigenvalue weighted by Gasteiger charge is 2.36. The van der Waals surface area contributed by atoms with Crippen LogP contribution in [-0.4, -0.2) is 8.32 Å². The summed E-state index contributed by atoms with van der Waals surface area (Å²) in [5.41, 5.74) is 1.13. The Labute approximate surface area is 119 Å². The monoisotopic (exact) mass is 334 g/mol. The highest BCUT2D eigenvalue weighted by Crippen LogP contribution is 2.37. The second-order valence-corrected chi connectivity index (χ2v) is 11.9. The predicted octanol–water partition coefficient (Wildman–Crippen LogP) is 5.62. The van der Waals surface area contributed by atoms with Gasteiger partial charge in [-0.3, -0.25) is 0 Å². The molecule has 0 fully saturated rings. The van der Waals surface area contributed by atoms with Crippen molar-refractivity contribution in [2.45, 2.75) is 45.5 Å². The third-order valence-electron chi connectivity index (χ3n) is 3.39. The molecule has 0 aliphatic heterocycles. The van der Waals surface area contributed by atoms with E-state index in [1.54, 1.807) is 0 Å². The molecule has 0 radical (unpaired) electrons. The van der Waals surface area contributed by atoms with Crippen molar-refractivity contribution in [1.29, 1.82) is 0 Å². The molecular weight excluding hydrogens is 316 g/mol. The average Bonchev–Trinajstić information content (AvgIpc) is 2.18. The summed E-state index contributed by atoms with van der Waals surface area (Å²) in [4.78, 5) is 0. The van der Waals surface area contributed by atoms with E-state index in [0.717, 1.165) is 15.1 Å². The number of hydrogen-bond donors (Lipinski definition) is 0. The summed E-state index contributed by atoms with van der Waals surface area (Å²) in [6.07, 6.45) is 0. The normalized spacial score (nSPS) is 12.9. The molecule has 1 aromatic rings. The molecule has 1 rings (SSSR count). The number of rotatable bonds is 3. The fraction of sp³-hybridized carbons (Fsp3) is 0.538. The second-order valence-electron chi connectivity index (χ2n) is 5.80. The molecule has 0 saturated carbocycles. The lowest BCUT2D eigenvalue weighted by Gasteiger charge is -2.36. The lowest BCUT2D eigenvalue weighted by atomic mass is 10.2. The molecule has 0 aromatic heterocycles. The quantitative estimate of drug-likeness (QED) is 0.651. The summed E-state index contributed by atoms with van der Waals surface area (Å²) in [5, 5.41) is 0.980. The van der Waals surface area contributed by atoms with Crippen LogP contribution in [-0.2, 0) is 11.0 Å². The summed E-state index contributed by atoms with van der Waals surface area (Å²) >= 11 is 9.45. The molecule has 0 aliphatic carbocycles. The van der Waals surface area contributed by atoms with Crippen LogP contribution in [0.4, 0.5) is 0 Å². The molecule has 0 amide bonds. The van der Waals surface area contributed by atoms with Gasteiger partial charge in [0.2, 0.25) is 0 Å².